The number of nitrogens with two attached hydrogens (primary N) is 1. The van der Waals surface area contributed by atoms with Crippen molar-refractivity contribution in [2.24, 2.45) is 5.73 Å². The highest BCUT2D eigenvalue weighted by atomic mass is 32.1. The molecule has 0 amide bonds. The Labute approximate surface area is 93.5 Å². The number of ether oxygens (including phenoxy) is 1. The van der Waals surface area contributed by atoms with E-state index < -0.39 is 0 Å². The molecule has 1 aromatic rings. The number of methoxy groups -OCH3 is 1. The average molecular weight is 228 g/mol. The molecular weight excluding hydrogens is 212 g/mol. The van der Waals surface area contributed by atoms with Gasteiger partial charge in [0.25, 0.3) is 0 Å². The predicted octanol–water partition coefficient (Wildman–Crippen LogP) is 1.69. The van der Waals surface area contributed by atoms with Gasteiger partial charge in [0.15, 0.2) is 0 Å². The maximum Gasteiger partial charge on any atom is 0.350 e. The van der Waals surface area contributed by atoms with Gasteiger partial charge in [-0.15, -0.1) is 11.3 Å². The third kappa shape index (κ3) is 2.54. The van der Waals surface area contributed by atoms with Crippen LogP contribution in [-0.4, -0.2) is 18.1 Å². The summed E-state index contributed by atoms with van der Waals surface area (Å²) < 4.78 is 4.72. The summed E-state index contributed by atoms with van der Waals surface area (Å²) in [5.74, 6) is -0.336. The Bertz CT molecular complexity index is 366. The molecule has 0 atom stereocenters. The monoisotopic (exact) mass is 228 g/mol. The lowest BCUT2D eigenvalue weighted by molar-refractivity contribution is 0.0603. The standard InChI is InChI=1S/C10H16N2O2S/c1-10(2,3)8-7(9(13)14-4)15-6(5-11)12-8/h5,11H2,1-4H3. The molecule has 15 heavy (non-hydrogen) atoms. The number of hydrogen-bond donors (Lipinski definition) is 1. The van der Waals surface area contributed by atoms with Gasteiger partial charge in [-0.25, -0.2) is 9.78 Å². The number of thiazole rings is 1. The van der Waals surface area contributed by atoms with Crippen molar-refractivity contribution in [3.05, 3.63) is 15.6 Å². The Morgan fingerprint density at radius 1 is 1.53 bits per heavy atom. The molecule has 1 aromatic heterocycles. The highest BCUT2D eigenvalue weighted by Crippen LogP contribution is 2.29. The van der Waals surface area contributed by atoms with Crippen molar-refractivity contribution in [3.63, 3.8) is 0 Å². The summed E-state index contributed by atoms with van der Waals surface area (Å²) in [5.41, 5.74) is 6.10. The van der Waals surface area contributed by atoms with Crippen molar-refractivity contribution in [1.29, 1.82) is 0 Å². The van der Waals surface area contributed by atoms with Crippen LogP contribution in [0.3, 0.4) is 0 Å². The molecule has 0 saturated carbocycles. The van der Waals surface area contributed by atoms with E-state index in [0.29, 0.717) is 11.4 Å². The molecule has 1 rings (SSSR count). The fourth-order valence-electron chi connectivity index (χ4n) is 1.19. The van der Waals surface area contributed by atoms with Gasteiger partial charge in [0, 0.05) is 12.0 Å². The lowest BCUT2D eigenvalue weighted by Crippen LogP contribution is -2.17. The molecule has 0 saturated heterocycles. The van der Waals surface area contributed by atoms with Crippen LogP contribution in [0.1, 0.15) is 41.1 Å². The molecule has 84 valence electrons. The minimum Gasteiger partial charge on any atom is -0.465 e. The van der Waals surface area contributed by atoms with Crippen molar-refractivity contribution in [3.8, 4) is 0 Å². The van der Waals surface area contributed by atoms with Gasteiger partial charge in [0.05, 0.1) is 12.8 Å². The SMILES string of the molecule is COC(=O)c1sc(CN)nc1C(C)(C)C. The van der Waals surface area contributed by atoms with Crippen LogP contribution in [0.4, 0.5) is 0 Å². The zero-order chi connectivity index (χ0) is 11.6. The second kappa shape index (κ2) is 4.28. The zero-order valence-corrected chi connectivity index (χ0v) is 10.3. The van der Waals surface area contributed by atoms with E-state index >= 15 is 0 Å². The third-order valence-electron chi connectivity index (χ3n) is 1.93. The van der Waals surface area contributed by atoms with Crippen molar-refractivity contribution in [2.45, 2.75) is 32.7 Å². The molecule has 0 aliphatic heterocycles. The fourth-order valence-corrected chi connectivity index (χ4v) is 2.26. The Balaban J connectivity index is 3.24. The summed E-state index contributed by atoms with van der Waals surface area (Å²) in [7, 11) is 1.37. The van der Waals surface area contributed by atoms with E-state index in [2.05, 4.69) is 4.98 Å². The number of nitrogens with zero attached hydrogens (tertiary/aromatic N) is 1. The Kier molecular flexibility index (Phi) is 3.46. The van der Waals surface area contributed by atoms with Crippen LogP contribution >= 0.6 is 11.3 Å². The molecule has 0 spiro atoms. The minimum atomic E-state index is -0.336. The number of aromatic nitrogens is 1. The summed E-state index contributed by atoms with van der Waals surface area (Å²) >= 11 is 1.31. The summed E-state index contributed by atoms with van der Waals surface area (Å²) in [6.45, 7) is 6.38. The first kappa shape index (κ1) is 12.1. The van der Waals surface area contributed by atoms with E-state index in [0.717, 1.165) is 10.7 Å². The maximum atomic E-state index is 11.5. The van der Waals surface area contributed by atoms with Gasteiger partial charge in [-0.05, 0) is 0 Å². The van der Waals surface area contributed by atoms with Crippen molar-refractivity contribution in [1.82, 2.24) is 4.98 Å². The topological polar surface area (TPSA) is 65.2 Å². The van der Waals surface area contributed by atoms with Crippen LogP contribution in [0, 0.1) is 0 Å². The smallest absolute Gasteiger partial charge is 0.350 e. The minimum absolute atomic E-state index is 0.173. The van der Waals surface area contributed by atoms with E-state index in [4.69, 9.17) is 10.5 Å². The highest BCUT2D eigenvalue weighted by molar-refractivity contribution is 7.13. The Hall–Kier alpha value is -0.940. The number of carbonyl (C=O) groups is 1. The molecule has 4 nitrogen and oxygen atoms in total. The second-order valence-corrected chi connectivity index (χ2v) is 5.31. The largest absolute Gasteiger partial charge is 0.465 e. The first-order valence-electron chi connectivity index (χ1n) is 4.68. The molecule has 0 aliphatic carbocycles. The average Bonchev–Trinajstić information content (AvgIpc) is 2.59. The van der Waals surface area contributed by atoms with Crippen LogP contribution < -0.4 is 5.73 Å². The van der Waals surface area contributed by atoms with Crippen LogP contribution in [0.15, 0.2) is 0 Å². The Morgan fingerprint density at radius 3 is 2.53 bits per heavy atom. The molecule has 0 bridgehead atoms. The van der Waals surface area contributed by atoms with Gasteiger partial charge in [-0.3, -0.25) is 0 Å². The van der Waals surface area contributed by atoms with Gasteiger partial charge in [0.1, 0.15) is 9.88 Å². The number of hydrogen-bond acceptors (Lipinski definition) is 5. The van der Waals surface area contributed by atoms with E-state index in [1.54, 1.807) is 0 Å². The third-order valence-corrected chi connectivity index (χ3v) is 2.98. The predicted molar refractivity (Wildman–Crippen MR) is 60.0 cm³/mol. The van der Waals surface area contributed by atoms with Crippen LogP contribution in [0.25, 0.3) is 0 Å². The van der Waals surface area contributed by atoms with E-state index in [1.165, 1.54) is 18.4 Å². The fraction of sp³-hybridized carbons (Fsp3) is 0.600. The molecule has 1 heterocycles. The molecular formula is C10H16N2O2S. The molecule has 0 aliphatic rings. The van der Waals surface area contributed by atoms with Crippen LogP contribution in [-0.2, 0) is 16.7 Å². The summed E-state index contributed by atoms with van der Waals surface area (Å²) in [5, 5.41) is 0.764. The van der Waals surface area contributed by atoms with E-state index in [1.807, 2.05) is 20.8 Å². The van der Waals surface area contributed by atoms with Gasteiger partial charge in [-0.2, -0.15) is 0 Å². The van der Waals surface area contributed by atoms with E-state index in [9.17, 15) is 4.79 Å². The molecule has 0 radical (unpaired) electrons. The molecule has 0 aromatic carbocycles. The van der Waals surface area contributed by atoms with Gasteiger partial charge in [0.2, 0.25) is 0 Å². The lowest BCUT2D eigenvalue weighted by Gasteiger charge is -2.16. The van der Waals surface area contributed by atoms with Crippen molar-refractivity contribution >= 4 is 17.3 Å². The van der Waals surface area contributed by atoms with Gasteiger partial charge >= 0.3 is 5.97 Å². The number of esters is 1. The molecule has 2 N–H and O–H groups in total. The normalized spacial score (nSPS) is 11.5. The van der Waals surface area contributed by atoms with Crippen LogP contribution in [0.5, 0.6) is 0 Å². The molecule has 5 heteroatoms. The summed E-state index contributed by atoms with van der Waals surface area (Å²) in [6, 6.07) is 0. The number of carbonyl (C=O) groups excluding carboxylic acids is 1. The summed E-state index contributed by atoms with van der Waals surface area (Å²) in [4.78, 5) is 16.4. The molecule has 0 fully saturated rings. The van der Waals surface area contributed by atoms with Crippen molar-refractivity contribution < 1.29 is 9.53 Å². The quantitative estimate of drug-likeness (QED) is 0.782. The maximum absolute atomic E-state index is 11.5. The first-order chi connectivity index (χ1) is 6.90. The molecule has 0 unspecified atom stereocenters. The van der Waals surface area contributed by atoms with Crippen LogP contribution in [0.2, 0.25) is 0 Å². The Morgan fingerprint density at radius 2 is 2.13 bits per heavy atom. The van der Waals surface area contributed by atoms with Gasteiger partial charge in [-0.1, -0.05) is 20.8 Å². The zero-order valence-electron chi connectivity index (χ0n) is 9.46. The second-order valence-electron chi connectivity index (χ2n) is 4.23. The van der Waals surface area contributed by atoms with Gasteiger partial charge < -0.3 is 10.5 Å². The number of rotatable bonds is 2. The van der Waals surface area contributed by atoms with E-state index in [-0.39, 0.29) is 11.4 Å². The van der Waals surface area contributed by atoms with Crippen molar-refractivity contribution in [2.75, 3.05) is 7.11 Å². The summed E-state index contributed by atoms with van der Waals surface area (Å²) in [6.07, 6.45) is 0. The lowest BCUT2D eigenvalue weighted by atomic mass is 9.91. The highest BCUT2D eigenvalue weighted by Gasteiger charge is 2.27. The first-order valence-corrected chi connectivity index (χ1v) is 5.50.